The van der Waals surface area contributed by atoms with E-state index in [9.17, 15) is 4.79 Å². The smallest absolute Gasteiger partial charge is 0.273 e. The monoisotopic (exact) mass is 265 g/mol. The molecular formula is C13H23N5O. The number of amides is 1. The van der Waals surface area contributed by atoms with Gasteiger partial charge in [-0.1, -0.05) is 0 Å². The second kappa shape index (κ2) is 5.61. The average Bonchev–Trinajstić information content (AvgIpc) is 2.93. The molecule has 6 nitrogen and oxygen atoms in total. The Kier molecular flexibility index (Phi) is 4.09. The second-order valence-corrected chi connectivity index (χ2v) is 5.56. The van der Waals surface area contributed by atoms with Crippen molar-refractivity contribution >= 4 is 11.6 Å². The van der Waals surface area contributed by atoms with Crippen molar-refractivity contribution < 1.29 is 4.79 Å². The van der Waals surface area contributed by atoms with Crippen LogP contribution < -0.4 is 11.1 Å². The van der Waals surface area contributed by atoms with Gasteiger partial charge >= 0.3 is 0 Å². The molecule has 1 fully saturated rings. The molecule has 2 heterocycles. The fourth-order valence-corrected chi connectivity index (χ4v) is 2.50. The van der Waals surface area contributed by atoms with Crippen LogP contribution in [0.2, 0.25) is 0 Å². The number of anilines is 1. The molecule has 0 radical (unpaired) electrons. The van der Waals surface area contributed by atoms with Gasteiger partial charge in [0, 0.05) is 32.4 Å². The maximum Gasteiger partial charge on any atom is 0.273 e. The van der Waals surface area contributed by atoms with Crippen molar-refractivity contribution in [1.29, 1.82) is 0 Å². The molecule has 0 spiro atoms. The number of rotatable bonds is 4. The van der Waals surface area contributed by atoms with E-state index in [0.29, 0.717) is 29.9 Å². The minimum Gasteiger partial charge on any atom is -0.396 e. The summed E-state index contributed by atoms with van der Waals surface area (Å²) in [5, 5.41) is 7.00. The Hall–Kier alpha value is -1.56. The molecule has 1 aliphatic rings. The number of hydrogen-bond acceptors (Lipinski definition) is 4. The Balaban J connectivity index is 1.83. The van der Waals surface area contributed by atoms with Crippen LogP contribution in [0.1, 0.15) is 30.8 Å². The molecule has 0 bridgehead atoms. The van der Waals surface area contributed by atoms with E-state index in [0.717, 1.165) is 19.5 Å². The summed E-state index contributed by atoms with van der Waals surface area (Å²) in [6, 6.07) is 0.576. The third kappa shape index (κ3) is 3.26. The highest BCUT2D eigenvalue weighted by Crippen LogP contribution is 2.18. The molecule has 1 amide bonds. The molecule has 1 atom stereocenters. The molecule has 0 aliphatic carbocycles. The van der Waals surface area contributed by atoms with Crippen LogP contribution in [-0.4, -0.2) is 46.3 Å². The van der Waals surface area contributed by atoms with Gasteiger partial charge < -0.3 is 16.0 Å². The summed E-state index contributed by atoms with van der Waals surface area (Å²) in [4.78, 5) is 14.4. The van der Waals surface area contributed by atoms with Gasteiger partial charge in [-0.3, -0.25) is 9.48 Å². The first-order valence-corrected chi connectivity index (χ1v) is 6.78. The summed E-state index contributed by atoms with van der Waals surface area (Å²) in [6.45, 7) is 7.27. The van der Waals surface area contributed by atoms with Gasteiger partial charge in [-0.25, -0.2) is 0 Å². The first kappa shape index (κ1) is 13.9. The number of nitrogens with one attached hydrogen (secondary N) is 1. The van der Waals surface area contributed by atoms with Gasteiger partial charge in [-0.2, -0.15) is 5.10 Å². The van der Waals surface area contributed by atoms with Crippen molar-refractivity contribution in [2.45, 2.75) is 26.3 Å². The third-order valence-electron chi connectivity index (χ3n) is 3.67. The Morgan fingerprint density at radius 3 is 2.89 bits per heavy atom. The van der Waals surface area contributed by atoms with Gasteiger partial charge in [-0.15, -0.1) is 0 Å². The number of nitrogens with two attached hydrogens (primary N) is 1. The molecule has 3 N–H and O–H groups in total. The average molecular weight is 265 g/mol. The highest BCUT2D eigenvalue weighted by molar-refractivity contribution is 5.96. The van der Waals surface area contributed by atoms with Crippen LogP contribution in [-0.2, 0) is 7.05 Å². The van der Waals surface area contributed by atoms with Gasteiger partial charge in [0.15, 0.2) is 5.69 Å². The number of likely N-dealkylation sites (tertiary alicyclic amines) is 1. The summed E-state index contributed by atoms with van der Waals surface area (Å²) in [7, 11) is 1.75. The predicted molar refractivity (Wildman–Crippen MR) is 74.8 cm³/mol. The van der Waals surface area contributed by atoms with Gasteiger partial charge in [0.25, 0.3) is 5.91 Å². The van der Waals surface area contributed by atoms with Crippen molar-refractivity contribution in [2.75, 3.05) is 25.4 Å². The van der Waals surface area contributed by atoms with E-state index in [2.05, 4.69) is 29.2 Å². The highest BCUT2D eigenvalue weighted by atomic mass is 16.2. The van der Waals surface area contributed by atoms with E-state index in [1.807, 2.05) is 0 Å². The molecule has 0 aromatic carbocycles. The summed E-state index contributed by atoms with van der Waals surface area (Å²) >= 11 is 0. The lowest BCUT2D eigenvalue weighted by Crippen LogP contribution is -2.33. The first-order valence-electron chi connectivity index (χ1n) is 6.78. The normalized spacial score (nSPS) is 20.1. The minimum atomic E-state index is -0.180. The van der Waals surface area contributed by atoms with E-state index < -0.39 is 0 Å². The Morgan fingerprint density at radius 2 is 2.37 bits per heavy atom. The van der Waals surface area contributed by atoms with Crippen molar-refractivity contribution in [1.82, 2.24) is 20.0 Å². The maximum atomic E-state index is 12.0. The number of nitrogen functional groups attached to an aromatic ring is 1. The van der Waals surface area contributed by atoms with E-state index in [-0.39, 0.29) is 5.91 Å². The van der Waals surface area contributed by atoms with Gasteiger partial charge in [0.05, 0.1) is 5.69 Å². The van der Waals surface area contributed by atoms with Gasteiger partial charge in [0.1, 0.15) is 0 Å². The van der Waals surface area contributed by atoms with Crippen molar-refractivity contribution in [2.24, 2.45) is 13.0 Å². The van der Waals surface area contributed by atoms with Crippen LogP contribution in [0.5, 0.6) is 0 Å². The number of hydrogen-bond donors (Lipinski definition) is 2. The van der Waals surface area contributed by atoms with E-state index in [1.54, 1.807) is 17.9 Å². The number of aryl methyl sites for hydroxylation is 1. The second-order valence-electron chi connectivity index (χ2n) is 5.56. The third-order valence-corrected chi connectivity index (χ3v) is 3.67. The Bertz CT molecular complexity index is 454. The van der Waals surface area contributed by atoms with Crippen molar-refractivity contribution in [3.63, 3.8) is 0 Å². The van der Waals surface area contributed by atoms with Crippen LogP contribution in [0.15, 0.2) is 6.20 Å². The summed E-state index contributed by atoms with van der Waals surface area (Å²) in [5.74, 6) is 0.345. The topological polar surface area (TPSA) is 76.2 Å². The van der Waals surface area contributed by atoms with Crippen LogP contribution >= 0.6 is 0 Å². The Labute approximate surface area is 113 Å². The zero-order valence-corrected chi connectivity index (χ0v) is 11.9. The largest absolute Gasteiger partial charge is 0.396 e. The first-order chi connectivity index (χ1) is 8.97. The quantitative estimate of drug-likeness (QED) is 0.829. The van der Waals surface area contributed by atoms with E-state index in [4.69, 9.17) is 5.73 Å². The molecule has 1 aromatic heterocycles. The lowest BCUT2D eigenvalue weighted by Gasteiger charge is -2.20. The SMILES string of the molecule is CC(C)N1CCC(CNC(=O)c2nn(C)cc2N)C1. The molecule has 6 heteroatoms. The van der Waals surface area contributed by atoms with Crippen molar-refractivity contribution in [3.05, 3.63) is 11.9 Å². The van der Waals surface area contributed by atoms with Crippen LogP contribution in [0, 0.1) is 5.92 Å². The van der Waals surface area contributed by atoms with Gasteiger partial charge in [0.2, 0.25) is 0 Å². The standard InChI is InChI=1S/C13H23N5O/c1-9(2)18-5-4-10(7-18)6-15-13(19)12-11(14)8-17(3)16-12/h8-10H,4-7,14H2,1-3H3,(H,15,19). The molecular weight excluding hydrogens is 242 g/mol. The summed E-state index contributed by atoms with van der Waals surface area (Å²) in [6.07, 6.45) is 2.78. The van der Waals surface area contributed by atoms with Crippen molar-refractivity contribution in [3.8, 4) is 0 Å². The van der Waals surface area contributed by atoms with Crippen LogP contribution in [0.3, 0.4) is 0 Å². The zero-order valence-electron chi connectivity index (χ0n) is 11.9. The number of aromatic nitrogens is 2. The maximum absolute atomic E-state index is 12.0. The number of carbonyl (C=O) groups is 1. The molecule has 2 rings (SSSR count). The minimum absolute atomic E-state index is 0.180. The molecule has 1 aliphatic heterocycles. The highest BCUT2D eigenvalue weighted by Gasteiger charge is 2.25. The van der Waals surface area contributed by atoms with Crippen LogP contribution in [0.25, 0.3) is 0 Å². The lowest BCUT2D eigenvalue weighted by molar-refractivity contribution is 0.0942. The summed E-state index contributed by atoms with van der Waals surface area (Å²) < 4.78 is 1.56. The fraction of sp³-hybridized carbons (Fsp3) is 0.692. The van der Waals surface area contributed by atoms with Gasteiger partial charge in [-0.05, 0) is 32.7 Å². The molecule has 19 heavy (non-hydrogen) atoms. The fourth-order valence-electron chi connectivity index (χ4n) is 2.50. The Morgan fingerprint density at radius 1 is 1.63 bits per heavy atom. The van der Waals surface area contributed by atoms with Crippen LogP contribution in [0.4, 0.5) is 5.69 Å². The molecule has 106 valence electrons. The zero-order chi connectivity index (χ0) is 14.0. The number of carbonyl (C=O) groups excluding carboxylic acids is 1. The molecule has 0 saturated carbocycles. The van der Waals surface area contributed by atoms with E-state index >= 15 is 0 Å². The molecule has 1 saturated heterocycles. The van der Waals surface area contributed by atoms with E-state index in [1.165, 1.54) is 0 Å². The summed E-state index contributed by atoms with van der Waals surface area (Å²) in [5.41, 5.74) is 6.48. The predicted octanol–water partition coefficient (Wildman–Crippen LogP) is 0.462. The molecule has 1 aromatic rings. The lowest BCUT2D eigenvalue weighted by atomic mass is 10.1. The molecule has 1 unspecified atom stereocenters. The number of nitrogens with zero attached hydrogens (tertiary/aromatic N) is 3.